The van der Waals surface area contributed by atoms with Crippen LogP contribution >= 0.6 is 15.9 Å². The summed E-state index contributed by atoms with van der Waals surface area (Å²) in [5.41, 5.74) is 2.91. The molecule has 0 amide bonds. The molecule has 94 valence electrons. The molecule has 0 saturated carbocycles. The Morgan fingerprint density at radius 3 is 2.44 bits per heavy atom. The zero-order valence-electron chi connectivity index (χ0n) is 10.7. The molecule has 0 aliphatic carbocycles. The van der Waals surface area contributed by atoms with E-state index < -0.39 is 0 Å². The fraction of sp³-hybridized carbons (Fsp3) is 0.286. The topological polar surface area (TPSA) is 34.9 Å². The van der Waals surface area contributed by atoms with Crippen molar-refractivity contribution in [3.63, 3.8) is 0 Å². The van der Waals surface area contributed by atoms with Crippen LogP contribution in [0.15, 0.2) is 29.0 Å². The number of benzene rings is 1. The molecule has 0 spiro atoms. The minimum atomic E-state index is 0.100. The van der Waals surface area contributed by atoms with E-state index >= 15 is 0 Å². The van der Waals surface area contributed by atoms with Crippen molar-refractivity contribution in [3.8, 4) is 0 Å². The van der Waals surface area contributed by atoms with Gasteiger partial charge in [-0.2, -0.15) is 0 Å². The molecule has 0 saturated heterocycles. The predicted molar refractivity (Wildman–Crippen MR) is 74.9 cm³/mol. The number of nitrogens with zero attached hydrogens (tertiary/aromatic N) is 2. The first-order valence-electron chi connectivity index (χ1n) is 5.75. The maximum atomic E-state index is 12.2. The van der Waals surface area contributed by atoms with E-state index in [4.69, 9.17) is 0 Å². The van der Waals surface area contributed by atoms with Crippen LogP contribution in [-0.2, 0) is 13.5 Å². The van der Waals surface area contributed by atoms with E-state index in [1.54, 1.807) is 6.20 Å². The Balaban J connectivity index is 2.27. The molecule has 3 nitrogen and oxygen atoms in total. The van der Waals surface area contributed by atoms with Crippen molar-refractivity contribution in [1.82, 2.24) is 9.55 Å². The van der Waals surface area contributed by atoms with Gasteiger partial charge in [0.1, 0.15) is 5.82 Å². The van der Waals surface area contributed by atoms with Crippen LogP contribution < -0.4 is 0 Å². The molecule has 0 fully saturated rings. The van der Waals surface area contributed by atoms with Crippen LogP contribution in [-0.4, -0.2) is 15.3 Å². The van der Waals surface area contributed by atoms with E-state index in [2.05, 4.69) is 20.9 Å². The third kappa shape index (κ3) is 2.53. The van der Waals surface area contributed by atoms with E-state index in [1.165, 1.54) is 0 Å². The lowest BCUT2D eigenvalue weighted by atomic mass is 10.0. The molecule has 0 radical (unpaired) electrons. The van der Waals surface area contributed by atoms with Crippen molar-refractivity contribution in [2.75, 3.05) is 0 Å². The van der Waals surface area contributed by atoms with E-state index in [0.717, 1.165) is 27.0 Å². The molecule has 1 aromatic heterocycles. The number of hydrogen-bond acceptors (Lipinski definition) is 2. The van der Waals surface area contributed by atoms with Gasteiger partial charge >= 0.3 is 0 Å². The second-order valence-electron chi connectivity index (χ2n) is 4.48. The Morgan fingerprint density at radius 1 is 1.33 bits per heavy atom. The first kappa shape index (κ1) is 13.0. The van der Waals surface area contributed by atoms with E-state index in [1.807, 2.05) is 43.8 Å². The summed E-state index contributed by atoms with van der Waals surface area (Å²) in [5.74, 6) is 0.890. The summed E-state index contributed by atoms with van der Waals surface area (Å²) >= 11 is 3.51. The molecule has 0 aliphatic heterocycles. The number of rotatable bonds is 3. The van der Waals surface area contributed by atoms with Gasteiger partial charge in [0.25, 0.3) is 0 Å². The maximum Gasteiger partial charge on any atom is 0.170 e. The predicted octanol–water partition coefficient (Wildman–Crippen LogP) is 3.22. The van der Waals surface area contributed by atoms with Crippen molar-refractivity contribution >= 4 is 21.7 Å². The average Bonchev–Trinajstić information content (AvgIpc) is 2.71. The molecule has 2 rings (SSSR count). The molecule has 18 heavy (non-hydrogen) atoms. The molecule has 1 aromatic carbocycles. The van der Waals surface area contributed by atoms with Crippen molar-refractivity contribution < 1.29 is 4.79 Å². The fourth-order valence-electron chi connectivity index (χ4n) is 1.92. The number of hydrogen-bond donors (Lipinski definition) is 0. The molecule has 1 heterocycles. The summed E-state index contributed by atoms with van der Waals surface area (Å²) in [5, 5.41) is 0. The number of carbonyl (C=O) groups is 1. The quantitative estimate of drug-likeness (QED) is 0.816. The lowest BCUT2D eigenvalue weighted by molar-refractivity contribution is 0.0990. The Bertz CT molecular complexity index is 579. The van der Waals surface area contributed by atoms with Crippen LogP contribution in [0.4, 0.5) is 0 Å². The maximum absolute atomic E-state index is 12.2. The van der Waals surface area contributed by atoms with Crippen LogP contribution in [0.3, 0.4) is 0 Å². The van der Waals surface area contributed by atoms with Gasteiger partial charge in [-0.3, -0.25) is 4.79 Å². The number of imidazole rings is 1. The number of carbonyl (C=O) groups excluding carboxylic acids is 1. The highest BCUT2D eigenvalue weighted by molar-refractivity contribution is 9.10. The molecular weight excluding hydrogens is 292 g/mol. The number of halogens is 1. The van der Waals surface area contributed by atoms with Gasteiger partial charge in [-0.1, -0.05) is 15.9 Å². The largest absolute Gasteiger partial charge is 0.338 e. The first-order valence-corrected chi connectivity index (χ1v) is 6.54. The Labute approximate surface area is 115 Å². The van der Waals surface area contributed by atoms with Gasteiger partial charge in [0.05, 0.1) is 6.42 Å². The molecule has 4 heteroatoms. The van der Waals surface area contributed by atoms with Crippen molar-refractivity contribution in [2.45, 2.75) is 20.3 Å². The summed E-state index contributed by atoms with van der Waals surface area (Å²) in [6, 6.07) is 3.84. The second-order valence-corrected chi connectivity index (χ2v) is 5.27. The third-order valence-electron chi connectivity index (χ3n) is 3.00. The zero-order chi connectivity index (χ0) is 13.3. The van der Waals surface area contributed by atoms with Crippen molar-refractivity contribution in [2.24, 2.45) is 7.05 Å². The summed E-state index contributed by atoms with van der Waals surface area (Å²) in [6.45, 7) is 3.99. The second kappa shape index (κ2) is 5.06. The SMILES string of the molecule is Cc1cc(C(=O)Cc2nccn2C)cc(C)c1Br. The molecule has 0 bridgehead atoms. The molecule has 2 aromatic rings. The third-order valence-corrected chi connectivity index (χ3v) is 4.25. The highest BCUT2D eigenvalue weighted by Gasteiger charge is 2.12. The van der Waals surface area contributed by atoms with Gasteiger partial charge in [-0.05, 0) is 37.1 Å². The Morgan fingerprint density at radius 2 is 1.94 bits per heavy atom. The standard InChI is InChI=1S/C14H15BrN2O/c1-9-6-11(7-10(2)14(9)15)12(18)8-13-16-4-5-17(13)3/h4-7H,8H2,1-3H3. The number of aromatic nitrogens is 2. The lowest BCUT2D eigenvalue weighted by Crippen LogP contribution is -2.09. The molecule has 0 unspecified atom stereocenters. The number of aryl methyl sites for hydroxylation is 3. The minimum absolute atomic E-state index is 0.100. The molecular formula is C14H15BrN2O. The van der Waals surface area contributed by atoms with Gasteiger partial charge in [-0.25, -0.2) is 4.98 Å². The zero-order valence-corrected chi connectivity index (χ0v) is 12.3. The summed E-state index contributed by atoms with van der Waals surface area (Å²) in [6.07, 6.45) is 3.89. The molecule has 0 N–H and O–H groups in total. The summed E-state index contributed by atoms with van der Waals surface area (Å²) in [4.78, 5) is 16.4. The normalized spacial score (nSPS) is 10.7. The van der Waals surface area contributed by atoms with E-state index in [-0.39, 0.29) is 5.78 Å². The van der Waals surface area contributed by atoms with Gasteiger partial charge in [0.2, 0.25) is 0 Å². The van der Waals surface area contributed by atoms with Gasteiger partial charge in [-0.15, -0.1) is 0 Å². The van der Waals surface area contributed by atoms with Gasteiger partial charge in [0.15, 0.2) is 5.78 Å². The summed E-state index contributed by atoms with van der Waals surface area (Å²) < 4.78 is 2.94. The van der Waals surface area contributed by atoms with E-state index in [9.17, 15) is 4.79 Å². The van der Waals surface area contributed by atoms with Gasteiger partial charge < -0.3 is 4.57 Å². The average molecular weight is 307 g/mol. The first-order chi connectivity index (χ1) is 8.49. The van der Waals surface area contributed by atoms with E-state index in [0.29, 0.717) is 6.42 Å². The Hall–Kier alpha value is -1.42. The van der Waals surface area contributed by atoms with Crippen LogP contribution in [0, 0.1) is 13.8 Å². The van der Waals surface area contributed by atoms with Crippen molar-refractivity contribution in [3.05, 3.63) is 51.5 Å². The number of ketones is 1. The highest BCUT2D eigenvalue weighted by Crippen LogP contribution is 2.23. The molecule has 0 aliphatic rings. The van der Waals surface area contributed by atoms with Crippen LogP contribution in [0.5, 0.6) is 0 Å². The van der Waals surface area contributed by atoms with Gasteiger partial charge in [0, 0.05) is 29.5 Å². The lowest BCUT2D eigenvalue weighted by Gasteiger charge is -2.07. The Kier molecular flexibility index (Phi) is 3.66. The fourth-order valence-corrected chi connectivity index (χ4v) is 2.15. The van der Waals surface area contributed by atoms with Crippen LogP contribution in [0.25, 0.3) is 0 Å². The van der Waals surface area contributed by atoms with Crippen LogP contribution in [0.2, 0.25) is 0 Å². The summed E-state index contributed by atoms with van der Waals surface area (Å²) in [7, 11) is 1.90. The highest BCUT2D eigenvalue weighted by atomic mass is 79.9. The smallest absolute Gasteiger partial charge is 0.170 e. The minimum Gasteiger partial charge on any atom is -0.338 e. The van der Waals surface area contributed by atoms with Crippen LogP contribution in [0.1, 0.15) is 27.3 Å². The monoisotopic (exact) mass is 306 g/mol. The number of Topliss-reactive ketones (excluding diaryl/α,β-unsaturated/α-hetero) is 1. The van der Waals surface area contributed by atoms with Crippen molar-refractivity contribution in [1.29, 1.82) is 0 Å². The molecule has 0 atom stereocenters.